The Labute approximate surface area is 220 Å². The Hall–Kier alpha value is -2.10. The molecule has 36 heavy (non-hydrogen) atoms. The number of hydrogen-bond acceptors (Lipinski definition) is 5. The van der Waals surface area contributed by atoms with Crippen LogP contribution < -0.4 is 21.3 Å². The van der Waals surface area contributed by atoms with Gasteiger partial charge in [0.25, 0.3) is 0 Å². The molecule has 2 aliphatic rings. The molecule has 4 atom stereocenters. The summed E-state index contributed by atoms with van der Waals surface area (Å²) < 4.78 is 0. The number of amides is 4. The molecule has 0 aromatic rings. The van der Waals surface area contributed by atoms with Crippen molar-refractivity contribution in [1.82, 2.24) is 21.3 Å². The zero-order valence-corrected chi connectivity index (χ0v) is 23.0. The first-order valence-electron chi connectivity index (χ1n) is 13.4. The van der Waals surface area contributed by atoms with Gasteiger partial charge < -0.3 is 21.3 Å². The SMILES string of the molecule is CC(C)C[C@H](NC(=O)[C@@H](NC(=O)C1CCCCC1)C(C)C)C(=O)N[C@@H](C[C@@H]1CCCNC1=O)C(=O)S. The van der Waals surface area contributed by atoms with E-state index in [0.29, 0.717) is 19.4 Å². The van der Waals surface area contributed by atoms with Crippen LogP contribution in [0.2, 0.25) is 0 Å². The van der Waals surface area contributed by atoms with E-state index < -0.39 is 35.1 Å². The van der Waals surface area contributed by atoms with E-state index in [1.54, 1.807) is 0 Å². The third-order valence-electron chi connectivity index (χ3n) is 7.10. The Morgan fingerprint density at radius 3 is 2.08 bits per heavy atom. The Bertz CT molecular complexity index is 797. The van der Waals surface area contributed by atoms with Crippen LogP contribution in [0.3, 0.4) is 0 Å². The predicted molar refractivity (Wildman–Crippen MR) is 141 cm³/mol. The van der Waals surface area contributed by atoms with Gasteiger partial charge in [0.05, 0.1) is 6.04 Å². The number of carbonyl (C=O) groups excluding carboxylic acids is 5. The molecule has 0 aromatic heterocycles. The van der Waals surface area contributed by atoms with Gasteiger partial charge in [-0.15, -0.1) is 12.6 Å². The highest BCUT2D eigenvalue weighted by molar-refractivity contribution is 7.96. The van der Waals surface area contributed by atoms with Crippen LogP contribution in [-0.4, -0.2) is 53.4 Å². The minimum absolute atomic E-state index is 0.0818. The lowest BCUT2D eigenvalue weighted by Crippen LogP contribution is -2.57. The molecular weight excluding hydrogens is 480 g/mol. The van der Waals surface area contributed by atoms with E-state index in [4.69, 9.17) is 0 Å². The van der Waals surface area contributed by atoms with Crippen molar-refractivity contribution >= 4 is 41.4 Å². The number of rotatable bonds is 12. The van der Waals surface area contributed by atoms with Crippen molar-refractivity contribution in [3.05, 3.63) is 0 Å². The highest BCUT2D eigenvalue weighted by atomic mass is 32.1. The molecule has 2 rings (SSSR count). The summed E-state index contributed by atoms with van der Waals surface area (Å²) in [6, 6.07) is -2.59. The molecule has 1 heterocycles. The van der Waals surface area contributed by atoms with Gasteiger partial charge in [-0.05, 0) is 50.4 Å². The van der Waals surface area contributed by atoms with Crippen LogP contribution in [0.1, 0.15) is 85.5 Å². The lowest BCUT2D eigenvalue weighted by atomic mass is 9.88. The van der Waals surface area contributed by atoms with Crippen LogP contribution in [0.25, 0.3) is 0 Å². The van der Waals surface area contributed by atoms with E-state index in [1.165, 1.54) is 0 Å². The molecular formula is C26H44N4O5S. The molecule has 10 heteroatoms. The summed E-state index contributed by atoms with van der Waals surface area (Å²) in [6.45, 7) is 8.19. The van der Waals surface area contributed by atoms with E-state index in [9.17, 15) is 24.0 Å². The monoisotopic (exact) mass is 524 g/mol. The van der Waals surface area contributed by atoms with Crippen LogP contribution in [0, 0.1) is 23.7 Å². The van der Waals surface area contributed by atoms with Crippen molar-refractivity contribution < 1.29 is 24.0 Å². The summed E-state index contributed by atoms with van der Waals surface area (Å²) in [4.78, 5) is 63.6. The molecule has 9 nitrogen and oxygen atoms in total. The molecule has 4 N–H and O–H groups in total. The number of thiol groups is 1. The molecule has 204 valence electrons. The van der Waals surface area contributed by atoms with Gasteiger partial charge in [-0.1, -0.05) is 47.0 Å². The van der Waals surface area contributed by atoms with Crippen LogP contribution in [-0.2, 0) is 24.0 Å². The van der Waals surface area contributed by atoms with Crippen LogP contribution >= 0.6 is 12.6 Å². The summed E-state index contributed by atoms with van der Waals surface area (Å²) in [5.74, 6) is -1.70. The molecule has 4 amide bonds. The second kappa shape index (κ2) is 14.6. The number of nitrogens with one attached hydrogen (secondary N) is 4. The summed E-state index contributed by atoms with van der Waals surface area (Å²) >= 11 is 3.93. The maximum atomic E-state index is 13.2. The van der Waals surface area contributed by atoms with Gasteiger partial charge >= 0.3 is 0 Å². The Morgan fingerprint density at radius 1 is 0.889 bits per heavy atom. The van der Waals surface area contributed by atoms with Gasteiger partial charge in [-0.2, -0.15) is 0 Å². The van der Waals surface area contributed by atoms with Gasteiger partial charge in [0.1, 0.15) is 12.1 Å². The Kier molecular flexibility index (Phi) is 12.2. The van der Waals surface area contributed by atoms with Crippen LogP contribution in [0.4, 0.5) is 0 Å². The number of carbonyl (C=O) groups is 5. The Balaban J connectivity index is 2.07. The van der Waals surface area contributed by atoms with Gasteiger partial charge in [0.2, 0.25) is 28.7 Å². The maximum Gasteiger partial charge on any atom is 0.243 e. The number of piperidine rings is 1. The molecule has 0 spiro atoms. The first-order valence-corrected chi connectivity index (χ1v) is 13.9. The average Bonchev–Trinajstić information content (AvgIpc) is 2.82. The van der Waals surface area contributed by atoms with Gasteiger partial charge in [-0.3, -0.25) is 24.0 Å². The smallest absolute Gasteiger partial charge is 0.243 e. The van der Waals surface area contributed by atoms with Crippen molar-refractivity contribution in [2.75, 3.05) is 6.54 Å². The van der Waals surface area contributed by atoms with Crippen LogP contribution in [0.5, 0.6) is 0 Å². The van der Waals surface area contributed by atoms with Gasteiger partial charge in [0.15, 0.2) is 0 Å². The van der Waals surface area contributed by atoms with Crippen molar-refractivity contribution in [3.63, 3.8) is 0 Å². The zero-order valence-electron chi connectivity index (χ0n) is 22.1. The molecule has 1 aliphatic heterocycles. The number of hydrogen-bond donors (Lipinski definition) is 5. The fourth-order valence-electron chi connectivity index (χ4n) is 4.97. The third-order valence-corrected chi connectivity index (χ3v) is 7.41. The molecule has 1 saturated heterocycles. The van der Waals surface area contributed by atoms with E-state index in [-0.39, 0.29) is 41.9 Å². The third kappa shape index (κ3) is 9.41. The summed E-state index contributed by atoms with van der Waals surface area (Å²) in [7, 11) is 0. The summed E-state index contributed by atoms with van der Waals surface area (Å²) in [6.07, 6.45) is 6.79. The second-order valence-corrected chi connectivity index (χ2v) is 11.5. The maximum absolute atomic E-state index is 13.2. The second-order valence-electron chi connectivity index (χ2n) is 11.0. The van der Waals surface area contributed by atoms with Gasteiger partial charge in [0, 0.05) is 18.4 Å². The lowest BCUT2D eigenvalue weighted by Gasteiger charge is -2.29. The average molecular weight is 525 g/mol. The minimum atomic E-state index is -0.937. The molecule has 1 aliphatic carbocycles. The van der Waals surface area contributed by atoms with Crippen LogP contribution in [0.15, 0.2) is 0 Å². The first-order chi connectivity index (χ1) is 17.0. The fraction of sp³-hybridized carbons (Fsp3) is 0.808. The van der Waals surface area contributed by atoms with Crippen molar-refractivity contribution in [3.8, 4) is 0 Å². The van der Waals surface area contributed by atoms with Gasteiger partial charge in [-0.25, -0.2) is 0 Å². The predicted octanol–water partition coefficient (Wildman–Crippen LogP) is 2.10. The molecule has 0 bridgehead atoms. The summed E-state index contributed by atoms with van der Waals surface area (Å²) in [5.41, 5.74) is 0. The van der Waals surface area contributed by atoms with E-state index >= 15 is 0 Å². The quantitative estimate of drug-likeness (QED) is 0.249. The molecule has 0 radical (unpaired) electrons. The van der Waals surface area contributed by atoms with Crippen molar-refractivity contribution in [2.24, 2.45) is 23.7 Å². The minimum Gasteiger partial charge on any atom is -0.356 e. The molecule has 1 saturated carbocycles. The zero-order chi connectivity index (χ0) is 26.8. The molecule has 2 fully saturated rings. The first kappa shape index (κ1) is 30.1. The standard InChI is InChI=1S/C26H44N4O5S/c1-15(2)13-19(24(33)29-20(26(35)36)14-18-11-8-12-27-22(18)31)28-25(34)21(16(3)4)30-23(32)17-9-6-5-7-10-17/h15-21H,5-14H2,1-4H3,(H,27,31)(H,28,34)(H,29,33)(H,30,32)(H,35,36)/t18-,19-,20-,21-/m0/s1. The topological polar surface area (TPSA) is 133 Å². The Morgan fingerprint density at radius 2 is 1.53 bits per heavy atom. The van der Waals surface area contributed by atoms with E-state index in [2.05, 4.69) is 33.9 Å². The highest BCUT2D eigenvalue weighted by Crippen LogP contribution is 2.24. The lowest BCUT2D eigenvalue weighted by molar-refractivity contribution is -0.135. The van der Waals surface area contributed by atoms with E-state index in [1.807, 2.05) is 27.7 Å². The normalized spacial score (nSPS) is 21.3. The highest BCUT2D eigenvalue weighted by Gasteiger charge is 2.34. The molecule has 0 unspecified atom stereocenters. The van der Waals surface area contributed by atoms with Crippen molar-refractivity contribution in [2.45, 2.75) is 104 Å². The molecule has 0 aromatic carbocycles. The van der Waals surface area contributed by atoms with E-state index in [0.717, 1.165) is 38.5 Å². The largest absolute Gasteiger partial charge is 0.356 e. The summed E-state index contributed by atoms with van der Waals surface area (Å²) in [5, 5.41) is 10.7. The van der Waals surface area contributed by atoms with Crippen molar-refractivity contribution in [1.29, 1.82) is 0 Å². The fourth-order valence-corrected chi connectivity index (χ4v) is 5.14.